The molecule has 0 bridgehead atoms. The third-order valence-corrected chi connectivity index (χ3v) is 3.72. The van der Waals surface area contributed by atoms with Crippen molar-refractivity contribution in [2.45, 2.75) is 26.9 Å². The predicted octanol–water partition coefficient (Wildman–Crippen LogP) is 1.11. The number of carbonyl (C=O) groups excluding carboxylic acids is 1. The molecule has 0 spiro atoms. The molecule has 0 saturated carbocycles. The predicted molar refractivity (Wildman–Crippen MR) is 79.6 cm³/mol. The van der Waals surface area contributed by atoms with Crippen molar-refractivity contribution in [1.82, 2.24) is 29.5 Å². The maximum Gasteiger partial charge on any atom is 0.317 e. The van der Waals surface area contributed by atoms with Crippen LogP contribution in [0.3, 0.4) is 0 Å². The fourth-order valence-corrected chi connectivity index (χ4v) is 2.21. The zero-order valence-corrected chi connectivity index (χ0v) is 13.2. The highest BCUT2D eigenvalue weighted by molar-refractivity contribution is 5.73. The molecule has 0 saturated heterocycles. The van der Waals surface area contributed by atoms with Gasteiger partial charge in [-0.3, -0.25) is 4.68 Å². The van der Waals surface area contributed by atoms with Crippen molar-refractivity contribution in [1.29, 1.82) is 0 Å². The van der Waals surface area contributed by atoms with Gasteiger partial charge in [0.25, 0.3) is 0 Å². The molecule has 0 aliphatic rings. The summed E-state index contributed by atoms with van der Waals surface area (Å²) < 4.78 is 3.72. The lowest BCUT2D eigenvalue weighted by atomic mass is 10.2. The molecule has 0 unspecified atom stereocenters. The van der Waals surface area contributed by atoms with Gasteiger partial charge in [-0.05, 0) is 13.8 Å². The van der Waals surface area contributed by atoms with E-state index in [9.17, 15) is 4.79 Å². The number of imidazole rings is 1. The summed E-state index contributed by atoms with van der Waals surface area (Å²) in [5, 5.41) is 7.23. The van der Waals surface area contributed by atoms with Crippen LogP contribution in [0, 0.1) is 13.8 Å². The molecule has 2 aromatic rings. The van der Waals surface area contributed by atoms with Crippen molar-refractivity contribution in [3.05, 3.63) is 35.2 Å². The molecule has 0 aliphatic carbocycles. The fourth-order valence-electron chi connectivity index (χ4n) is 2.21. The van der Waals surface area contributed by atoms with Crippen LogP contribution in [0.25, 0.3) is 0 Å². The molecule has 0 fully saturated rings. The van der Waals surface area contributed by atoms with Crippen LogP contribution in [0.2, 0.25) is 0 Å². The topological polar surface area (TPSA) is 68.0 Å². The first-order valence-corrected chi connectivity index (χ1v) is 6.84. The summed E-state index contributed by atoms with van der Waals surface area (Å²) in [6, 6.07) is -0.124. The van der Waals surface area contributed by atoms with Gasteiger partial charge in [0.15, 0.2) is 0 Å². The zero-order chi connectivity index (χ0) is 15.6. The third-order valence-electron chi connectivity index (χ3n) is 3.72. The lowest BCUT2D eigenvalue weighted by Crippen LogP contribution is -2.37. The number of hydrogen-bond donors (Lipinski definition) is 1. The van der Waals surface area contributed by atoms with Gasteiger partial charge >= 0.3 is 6.03 Å². The summed E-state index contributed by atoms with van der Waals surface area (Å²) in [7, 11) is 5.59. The lowest BCUT2D eigenvalue weighted by molar-refractivity contribution is 0.206. The maximum atomic E-state index is 12.1. The van der Waals surface area contributed by atoms with Crippen LogP contribution in [0.4, 0.5) is 4.79 Å². The summed E-state index contributed by atoms with van der Waals surface area (Å²) in [6.07, 6.45) is 3.57. The average Bonchev–Trinajstić information content (AvgIpc) is 2.94. The first-order chi connectivity index (χ1) is 9.90. The van der Waals surface area contributed by atoms with Crippen LogP contribution in [-0.2, 0) is 27.2 Å². The van der Waals surface area contributed by atoms with Crippen LogP contribution < -0.4 is 5.32 Å². The van der Waals surface area contributed by atoms with E-state index >= 15 is 0 Å². The monoisotopic (exact) mass is 290 g/mol. The molecule has 0 aliphatic heterocycles. The number of carbonyl (C=O) groups is 1. The second-order valence-corrected chi connectivity index (χ2v) is 5.24. The second-order valence-electron chi connectivity index (χ2n) is 5.24. The fraction of sp³-hybridized carbons (Fsp3) is 0.500. The number of nitrogens with one attached hydrogen (secondary N) is 1. The van der Waals surface area contributed by atoms with Crippen LogP contribution in [0.5, 0.6) is 0 Å². The Morgan fingerprint density at radius 1 is 1.38 bits per heavy atom. The van der Waals surface area contributed by atoms with Gasteiger partial charge in [-0.1, -0.05) is 0 Å². The minimum atomic E-state index is -0.124. The number of nitrogens with zero attached hydrogens (tertiary/aromatic N) is 5. The van der Waals surface area contributed by atoms with E-state index in [0.29, 0.717) is 13.1 Å². The normalized spacial score (nSPS) is 10.7. The average molecular weight is 290 g/mol. The van der Waals surface area contributed by atoms with Crippen molar-refractivity contribution in [2.75, 3.05) is 7.05 Å². The zero-order valence-electron chi connectivity index (χ0n) is 13.2. The smallest absolute Gasteiger partial charge is 0.317 e. The maximum absolute atomic E-state index is 12.1. The van der Waals surface area contributed by atoms with Crippen molar-refractivity contribution < 1.29 is 4.79 Å². The van der Waals surface area contributed by atoms with Gasteiger partial charge < -0.3 is 14.8 Å². The van der Waals surface area contributed by atoms with E-state index in [1.807, 2.05) is 43.4 Å². The molecule has 2 aromatic heterocycles. The van der Waals surface area contributed by atoms with Gasteiger partial charge in [-0.2, -0.15) is 5.10 Å². The minimum Gasteiger partial charge on any atom is -0.337 e. The number of urea groups is 1. The highest BCUT2D eigenvalue weighted by Gasteiger charge is 2.15. The highest BCUT2D eigenvalue weighted by Crippen LogP contribution is 2.13. The van der Waals surface area contributed by atoms with E-state index in [1.54, 1.807) is 18.1 Å². The summed E-state index contributed by atoms with van der Waals surface area (Å²) in [5.74, 6) is 0.825. The number of aromatic nitrogens is 4. The Morgan fingerprint density at radius 2 is 2.10 bits per heavy atom. The first-order valence-electron chi connectivity index (χ1n) is 6.84. The van der Waals surface area contributed by atoms with Gasteiger partial charge in [0.2, 0.25) is 0 Å². The Labute approximate surface area is 124 Å². The van der Waals surface area contributed by atoms with Gasteiger partial charge in [-0.25, -0.2) is 9.78 Å². The molecule has 2 amide bonds. The van der Waals surface area contributed by atoms with Crippen molar-refractivity contribution in [2.24, 2.45) is 14.1 Å². The summed E-state index contributed by atoms with van der Waals surface area (Å²) in [6.45, 7) is 4.92. The highest BCUT2D eigenvalue weighted by atomic mass is 16.2. The van der Waals surface area contributed by atoms with Gasteiger partial charge in [0.1, 0.15) is 5.82 Å². The van der Waals surface area contributed by atoms with E-state index in [-0.39, 0.29) is 6.03 Å². The Morgan fingerprint density at radius 3 is 2.62 bits per heavy atom. The Hall–Kier alpha value is -2.31. The number of amides is 2. The minimum absolute atomic E-state index is 0.124. The number of hydrogen-bond acceptors (Lipinski definition) is 3. The molecule has 7 heteroatoms. The SMILES string of the molecule is Cc1nn(C)c(C)c1CN(C)C(=O)NCc1nccn1C. The molecule has 0 atom stereocenters. The molecular weight excluding hydrogens is 268 g/mol. The molecule has 2 heterocycles. The molecule has 0 radical (unpaired) electrons. The van der Waals surface area contributed by atoms with E-state index in [0.717, 1.165) is 22.8 Å². The van der Waals surface area contributed by atoms with Crippen LogP contribution in [0.1, 0.15) is 22.8 Å². The first kappa shape index (κ1) is 15.1. The van der Waals surface area contributed by atoms with Crippen LogP contribution >= 0.6 is 0 Å². The Bertz CT molecular complexity index is 642. The molecule has 1 N–H and O–H groups in total. The second kappa shape index (κ2) is 5.99. The van der Waals surface area contributed by atoms with Crippen molar-refractivity contribution in [3.63, 3.8) is 0 Å². The summed E-state index contributed by atoms with van der Waals surface area (Å²) >= 11 is 0. The Balaban J connectivity index is 1.95. The summed E-state index contributed by atoms with van der Waals surface area (Å²) in [4.78, 5) is 18.0. The van der Waals surface area contributed by atoms with Crippen molar-refractivity contribution >= 4 is 6.03 Å². The third kappa shape index (κ3) is 3.24. The van der Waals surface area contributed by atoms with Gasteiger partial charge in [0.05, 0.1) is 18.8 Å². The molecule has 7 nitrogen and oxygen atoms in total. The standard InChI is InChI=1S/C14H22N6O/c1-10-12(11(2)20(5)17-10)9-19(4)14(21)16-8-13-15-6-7-18(13)3/h6-7H,8-9H2,1-5H3,(H,16,21). The van der Waals surface area contributed by atoms with Crippen LogP contribution in [0.15, 0.2) is 12.4 Å². The van der Waals surface area contributed by atoms with E-state index in [2.05, 4.69) is 15.4 Å². The molecule has 2 rings (SSSR count). The van der Waals surface area contributed by atoms with Gasteiger partial charge in [-0.15, -0.1) is 0 Å². The van der Waals surface area contributed by atoms with E-state index < -0.39 is 0 Å². The molecule has 21 heavy (non-hydrogen) atoms. The van der Waals surface area contributed by atoms with Crippen LogP contribution in [-0.4, -0.2) is 37.3 Å². The lowest BCUT2D eigenvalue weighted by Gasteiger charge is -2.18. The van der Waals surface area contributed by atoms with Gasteiger partial charge in [0, 0.05) is 44.8 Å². The molecule has 114 valence electrons. The van der Waals surface area contributed by atoms with Crippen molar-refractivity contribution in [3.8, 4) is 0 Å². The number of aryl methyl sites for hydroxylation is 3. The number of rotatable bonds is 4. The summed E-state index contributed by atoms with van der Waals surface area (Å²) in [5.41, 5.74) is 3.13. The molecular formula is C14H22N6O. The quantitative estimate of drug-likeness (QED) is 0.917. The van der Waals surface area contributed by atoms with E-state index in [1.165, 1.54) is 0 Å². The largest absolute Gasteiger partial charge is 0.337 e. The Kier molecular flexibility index (Phi) is 4.30. The molecule has 0 aromatic carbocycles. The van der Waals surface area contributed by atoms with E-state index in [4.69, 9.17) is 0 Å².